The van der Waals surface area contributed by atoms with Crippen LogP contribution in [0.4, 0.5) is 5.82 Å². The minimum atomic E-state index is -3.65. The maximum Gasteiger partial charge on any atom is 0.491 e. The van der Waals surface area contributed by atoms with Gasteiger partial charge in [0.05, 0.1) is 19.7 Å². The molecule has 0 bridgehead atoms. The van der Waals surface area contributed by atoms with Gasteiger partial charge in [-0.15, -0.1) is 4.52 Å². The highest BCUT2D eigenvalue weighted by atomic mass is 31.1. The summed E-state index contributed by atoms with van der Waals surface area (Å²) in [6, 6.07) is 29.5. The van der Waals surface area contributed by atoms with Crippen LogP contribution in [0.3, 0.4) is 0 Å². The van der Waals surface area contributed by atoms with Crippen LogP contribution in [0.15, 0.2) is 113 Å². The molecule has 1 amide bonds. The second-order valence-corrected chi connectivity index (χ2v) is 29.0. The van der Waals surface area contributed by atoms with Crippen molar-refractivity contribution in [2.45, 2.75) is 121 Å². The van der Waals surface area contributed by atoms with Gasteiger partial charge in [0.2, 0.25) is 0 Å². The summed E-state index contributed by atoms with van der Waals surface area (Å²) in [5.74, 6) is -1.62. The topological polar surface area (TPSA) is 178 Å². The first kappa shape index (κ1) is 49.4. The van der Waals surface area contributed by atoms with Crippen LogP contribution in [0.2, 0.25) is 23.2 Å². The molecule has 3 aliphatic heterocycles. The Balaban J connectivity index is 0.000000533. The van der Waals surface area contributed by atoms with Crippen LogP contribution in [0.1, 0.15) is 90.2 Å². The van der Waals surface area contributed by atoms with Gasteiger partial charge in [-0.1, -0.05) is 120 Å². The van der Waals surface area contributed by atoms with E-state index in [1.165, 1.54) is 63.3 Å². The highest BCUT2D eigenvalue weighted by Gasteiger charge is 2.65. The summed E-state index contributed by atoms with van der Waals surface area (Å²) in [6.07, 6.45) is 3.75. The van der Waals surface area contributed by atoms with Crippen molar-refractivity contribution in [2.75, 3.05) is 31.6 Å². The Labute approximate surface area is 380 Å². The van der Waals surface area contributed by atoms with Gasteiger partial charge >= 0.3 is 13.9 Å². The number of aliphatic imine (C=N–C) groups is 1. The monoisotopic (exact) mass is 930 g/mol. The lowest BCUT2D eigenvalue weighted by Gasteiger charge is -2.44. The smallest absolute Gasteiger partial charge is 0.491 e. The van der Waals surface area contributed by atoms with Crippen molar-refractivity contribution in [1.29, 1.82) is 0 Å². The van der Waals surface area contributed by atoms with Gasteiger partial charge < -0.3 is 28.9 Å². The number of benzene rings is 3. The Morgan fingerprint density at radius 2 is 1.50 bits per heavy atom. The predicted molar refractivity (Wildman–Crippen MR) is 252 cm³/mol. The zero-order valence-electron chi connectivity index (χ0n) is 38.4. The fourth-order valence-corrected chi connectivity index (χ4v) is 14.8. The lowest BCUT2D eigenvalue weighted by molar-refractivity contribution is -0.809. The highest BCUT2D eigenvalue weighted by molar-refractivity contribution is 7.30. The normalized spacial score (nSPS) is 23.2. The van der Waals surface area contributed by atoms with Crippen molar-refractivity contribution in [1.82, 2.24) is 9.55 Å². The number of hydrogen-bond acceptors (Lipinski definition) is 11. The summed E-state index contributed by atoms with van der Waals surface area (Å²) < 4.78 is 39.2. The molecule has 0 spiro atoms. The van der Waals surface area contributed by atoms with Crippen LogP contribution in [0.25, 0.3) is 0 Å². The molecular formula is C47H65N5O9PSi2+. The number of nitrogens with one attached hydrogen (secondary N) is 2. The second kappa shape index (κ2) is 20.6. The van der Waals surface area contributed by atoms with Gasteiger partial charge in [-0.2, -0.15) is 4.98 Å². The SMILES string of the molecule is C1CCC2=NCCC[NH+]2CC1.CC(C)(C)[Si](C)(C)O[C@H]1[C@H](n2ccc(NC(=O)c3ccccc3)nc2=O)O[C@H](CO[Si](c2ccccc2)(c2ccccc2)C(C)(C)C)[C@]1(O)O[P+](=O)[O-]. The van der Waals surface area contributed by atoms with E-state index in [0.717, 1.165) is 21.5 Å². The molecule has 7 rings (SSSR count). The molecule has 1 aromatic heterocycles. The van der Waals surface area contributed by atoms with Crippen molar-refractivity contribution in [2.24, 2.45) is 4.99 Å². The van der Waals surface area contributed by atoms with Crippen LogP contribution >= 0.6 is 8.25 Å². The molecule has 344 valence electrons. The minimum absolute atomic E-state index is 0.0133. The standard InChI is InChI=1S/C38H48N3O9PSi2.C9H16N2/c1-36(2,3)52(7,8)49-32-34(41-25-24-31(40-35(41)43)39-33(42)27-18-12-9-13-19-27)48-30(38(32,44)50-51(45)46)26-47-53(37(4,5)6,28-20-14-10-15-21-28)29-22-16-11-17-23-29;1-2-5-9-10-6-4-8-11(9)7-3-1/h9-25,30,32,34,44H,26H2,1-8H3,(H,39,40,42,43);1-8H2/p+1/t30-,32+,34-,38+;/m1./s1. The number of nitrogens with zero attached hydrogens (tertiary/aromatic N) is 3. The lowest BCUT2D eigenvalue weighted by Crippen LogP contribution is -3.15. The van der Waals surface area contributed by atoms with Gasteiger partial charge in [-0.25, -0.2) is 9.79 Å². The fourth-order valence-electron chi connectivity index (χ4n) is 8.47. The number of amides is 1. The number of ether oxygens (including phenoxy) is 1. The van der Waals surface area contributed by atoms with Crippen LogP contribution in [0.5, 0.6) is 0 Å². The van der Waals surface area contributed by atoms with E-state index in [1.54, 1.807) is 35.2 Å². The number of rotatable bonds is 12. The minimum Gasteiger partial charge on any atom is -0.566 e. The zero-order valence-corrected chi connectivity index (χ0v) is 41.3. The molecule has 0 radical (unpaired) electrons. The van der Waals surface area contributed by atoms with E-state index in [-0.39, 0.29) is 12.4 Å². The molecular weight excluding hydrogens is 866 g/mol. The molecule has 0 aliphatic carbocycles. The van der Waals surface area contributed by atoms with Crippen molar-refractivity contribution < 1.29 is 42.4 Å². The predicted octanol–water partition coefficient (Wildman–Crippen LogP) is 5.33. The fraction of sp³-hybridized carbons (Fsp3) is 0.489. The van der Waals surface area contributed by atoms with Crippen LogP contribution in [0, 0.1) is 0 Å². The molecule has 3 N–H and O–H groups in total. The molecule has 14 nitrogen and oxygen atoms in total. The second-order valence-electron chi connectivity index (χ2n) is 19.3. The molecule has 64 heavy (non-hydrogen) atoms. The van der Waals surface area contributed by atoms with Crippen molar-refractivity contribution in [3.8, 4) is 0 Å². The van der Waals surface area contributed by atoms with E-state index in [1.807, 2.05) is 94.5 Å². The summed E-state index contributed by atoms with van der Waals surface area (Å²) in [7, 11) is -9.72. The number of amidine groups is 1. The third-order valence-corrected chi connectivity index (χ3v) is 22.8. The van der Waals surface area contributed by atoms with E-state index in [2.05, 4.69) is 36.1 Å². The average Bonchev–Trinajstić information content (AvgIpc) is 3.37. The first-order chi connectivity index (χ1) is 30.3. The number of hydrogen-bond donors (Lipinski definition) is 3. The average molecular weight is 931 g/mol. The quantitative estimate of drug-likeness (QED) is 0.0957. The number of aliphatic hydroxyl groups is 1. The molecule has 2 unspecified atom stereocenters. The number of fused-ring (bicyclic) bond motifs is 1. The zero-order chi connectivity index (χ0) is 46.3. The first-order valence-corrected chi connectivity index (χ1v) is 28.2. The summed E-state index contributed by atoms with van der Waals surface area (Å²) in [6.45, 7) is 19.5. The number of quaternary nitrogens is 1. The number of anilines is 1. The molecule has 0 saturated carbocycles. The lowest BCUT2D eigenvalue weighted by atomic mass is 10.1. The van der Waals surface area contributed by atoms with Crippen molar-refractivity contribution in [3.63, 3.8) is 0 Å². The first-order valence-electron chi connectivity index (χ1n) is 22.2. The molecule has 2 saturated heterocycles. The van der Waals surface area contributed by atoms with Gasteiger partial charge in [0.1, 0.15) is 11.9 Å². The molecule has 6 atom stereocenters. The van der Waals surface area contributed by atoms with Crippen LogP contribution in [-0.4, -0.2) is 87.3 Å². The largest absolute Gasteiger partial charge is 0.566 e. The number of carbonyl (C=O) groups excluding carboxylic acids is 1. The van der Waals surface area contributed by atoms with E-state index in [9.17, 15) is 24.2 Å². The van der Waals surface area contributed by atoms with Gasteiger partial charge in [0.25, 0.3) is 20.0 Å². The molecule has 3 aliphatic rings. The summed E-state index contributed by atoms with van der Waals surface area (Å²) >= 11 is 0. The Bertz CT molecular complexity index is 2250. The van der Waals surface area contributed by atoms with Crippen LogP contribution in [-0.2, 0) is 22.7 Å². The van der Waals surface area contributed by atoms with E-state index < -0.39 is 70.8 Å². The Kier molecular flexibility index (Phi) is 15.9. The third-order valence-electron chi connectivity index (χ3n) is 12.9. The Morgan fingerprint density at radius 1 is 0.906 bits per heavy atom. The maximum absolute atomic E-state index is 13.7. The molecule has 2 fully saturated rings. The van der Waals surface area contributed by atoms with Gasteiger partial charge in [0, 0.05) is 31.1 Å². The van der Waals surface area contributed by atoms with Crippen LogP contribution < -0.4 is 31.2 Å². The molecule has 3 aromatic carbocycles. The summed E-state index contributed by atoms with van der Waals surface area (Å²) in [5, 5.41) is 16.1. The highest BCUT2D eigenvalue weighted by Crippen LogP contribution is 2.48. The number of carbonyl (C=O) groups is 1. The maximum atomic E-state index is 13.7. The molecule has 4 aromatic rings. The summed E-state index contributed by atoms with van der Waals surface area (Å²) in [4.78, 5) is 49.3. The van der Waals surface area contributed by atoms with Gasteiger partial charge in [-0.3, -0.25) is 14.3 Å². The van der Waals surface area contributed by atoms with Gasteiger partial charge in [-0.05, 0) is 75.6 Å². The third kappa shape index (κ3) is 11.1. The van der Waals surface area contributed by atoms with E-state index >= 15 is 0 Å². The van der Waals surface area contributed by atoms with Crippen molar-refractivity contribution >= 4 is 52.8 Å². The Morgan fingerprint density at radius 3 is 2.06 bits per heavy atom. The molecule has 4 heterocycles. The molecule has 17 heteroatoms. The Hall–Kier alpha value is -4.07. The van der Waals surface area contributed by atoms with E-state index in [4.69, 9.17) is 18.1 Å². The number of aromatic nitrogens is 2. The van der Waals surface area contributed by atoms with E-state index in [0.29, 0.717) is 5.56 Å². The summed E-state index contributed by atoms with van der Waals surface area (Å²) in [5.41, 5.74) is -0.467. The van der Waals surface area contributed by atoms with Gasteiger partial charge in [0.15, 0.2) is 26.5 Å². The van der Waals surface area contributed by atoms with Crippen molar-refractivity contribution in [3.05, 3.63) is 119 Å².